The number of ether oxygens (including phenoxy) is 3. The molecule has 35 heavy (non-hydrogen) atoms. The number of nitrogens with one attached hydrogen (secondary N) is 1. The predicted molar refractivity (Wildman–Crippen MR) is 141 cm³/mol. The second-order valence-corrected chi connectivity index (χ2v) is 9.64. The number of hydrogen-bond donors (Lipinski definition) is 1. The first-order valence-electron chi connectivity index (χ1n) is 11.1. The molecule has 0 aromatic heterocycles. The lowest BCUT2D eigenvalue weighted by Crippen LogP contribution is -2.35. The van der Waals surface area contributed by atoms with E-state index in [0.717, 1.165) is 16.2 Å². The van der Waals surface area contributed by atoms with Gasteiger partial charge in [0.15, 0.2) is 16.7 Å². The first kappa shape index (κ1) is 24.9. The van der Waals surface area contributed by atoms with Gasteiger partial charge in [0.05, 0.1) is 17.2 Å². The highest BCUT2D eigenvalue weighted by Crippen LogP contribution is 2.38. The van der Waals surface area contributed by atoms with Crippen LogP contribution in [0.2, 0.25) is 5.02 Å². The Hall–Kier alpha value is -3.23. The Morgan fingerprint density at radius 1 is 1.09 bits per heavy atom. The molecule has 0 fully saturated rings. The molecule has 0 atom stereocenters. The first-order valence-corrected chi connectivity index (χ1v) is 12.3. The smallest absolute Gasteiger partial charge is 0.283 e. The lowest BCUT2D eigenvalue weighted by molar-refractivity contribution is -0.114. The summed E-state index contributed by atoms with van der Waals surface area (Å²) in [6, 6.07) is 9.35. The SMILES string of the molecule is CCOc1cc(/C=C2\C(=N)N3C=C(C)SC3=NC2=O)cc(Cl)c1OCCOc1ccc(C)c(C)c1. The molecule has 0 spiro atoms. The fraction of sp³-hybridized carbons (Fsp3) is 0.269. The van der Waals surface area contributed by atoms with Gasteiger partial charge in [-0.25, -0.2) is 0 Å². The molecular formula is C26H26ClN3O4S. The van der Waals surface area contributed by atoms with Crippen LogP contribution in [0.3, 0.4) is 0 Å². The maximum atomic E-state index is 12.6. The Balaban J connectivity index is 1.50. The van der Waals surface area contributed by atoms with Gasteiger partial charge < -0.3 is 14.2 Å². The van der Waals surface area contributed by atoms with Gasteiger partial charge in [-0.3, -0.25) is 15.1 Å². The number of amides is 1. The van der Waals surface area contributed by atoms with Crippen LogP contribution in [-0.4, -0.2) is 41.6 Å². The van der Waals surface area contributed by atoms with E-state index in [-0.39, 0.29) is 18.0 Å². The highest BCUT2D eigenvalue weighted by atomic mass is 35.5. The lowest BCUT2D eigenvalue weighted by Gasteiger charge is -2.22. The normalized spacial score (nSPS) is 16.3. The van der Waals surface area contributed by atoms with Gasteiger partial charge in [-0.05, 0) is 74.7 Å². The van der Waals surface area contributed by atoms with Gasteiger partial charge in [-0.1, -0.05) is 29.4 Å². The van der Waals surface area contributed by atoms with E-state index in [1.165, 1.54) is 17.3 Å². The van der Waals surface area contributed by atoms with Gasteiger partial charge >= 0.3 is 0 Å². The second kappa shape index (κ2) is 10.6. The number of rotatable bonds is 8. The maximum Gasteiger partial charge on any atom is 0.283 e. The predicted octanol–water partition coefficient (Wildman–Crippen LogP) is 5.98. The monoisotopic (exact) mass is 511 g/mol. The number of fused-ring (bicyclic) bond motifs is 1. The fourth-order valence-electron chi connectivity index (χ4n) is 3.55. The van der Waals surface area contributed by atoms with Crippen LogP contribution in [0, 0.1) is 19.3 Å². The van der Waals surface area contributed by atoms with Crippen molar-refractivity contribution in [3.8, 4) is 17.2 Å². The number of aryl methyl sites for hydroxylation is 2. The Bertz CT molecular complexity index is 1290. The minimum atomic E-state index is -0.463. The maximum absolute atomic E-state index is 12.6. The van der Waals surface area contributed by atoms with Crippen LogP contribution in [-0.2, 0) is 4.79 Å². The van der Waals surface area contributed by atoms with Crippen LogP contribution in [0.5, 0.6) is 17.2 Å². The zero-order valence-electron chi connectivity index (χ0n) is 20.0. The Morgan fingerprint density at radius 3 is 2.60 bits per heavy atom. The van der Waals surface area contributed by atoms with Gasteiger partial charge in [0, 0.05) is 11.1 Å². The molecular weight excluding hydrogens is 486 g/mol. The molecule has 2 aromatic rings. The topological polar surface area (TPSA) is 84.2 Å². The molecule has 2 heterocycles. The van der Waals surface area contributed by atoms with E-state index in [0.29, 0.717) is 40.5 Å². The first-order chi connectivity index (χ1) is 16.8. The number of amidine groups is 2. The number of benzene rings is 2. The van der Waals surface area contributed by atoms with E-state index >= 15 is 0 Å². The zero-order valence-corrected chi connectivity index (χ0v) is 21.5. The number of carbonyl (C=O) groups is 1. The van der Waals surface area contributed by atoms with Crippen molar-refractivity contribution in [3.05, 3.63) is 68.7 Å². The van der Waals surface area contributed by atoms with Crippen molar-refractivity contribution in [1.82, 2.24) is 4.90 Å². The van der Waals surface area contributed by atoms with E-state index in [4.69, 9.17) is 31.2 Å². The molecule has 0 saturated carbocycles. The molecule has 2 aromatic carbocycles. The number of carbonyl (C=O) groups excluding carboxylic acids is 1. The van der Waals surface area contributed by atoms with Crippen LogP contribution in [0.1, 0.15) is 30.5 Å². The fourth-order valence-corrected chi connectivity index (χ4v) is 4.64. The minimum absolute atomic E-state index is 0.0715. The standard InChI is InChI=1S/C26H26ClN3O4S/c1-5-32-22-13-18(11-20-24(28)30-14-17(4)35-26(30)29-25(20)31)12-21(27)23(22)34-9-8-33-19-7-6-15(2)16(3)10-19/h6-7,10-14,28H,5,8-9H2,1-4H3/b20-11+,28-24?. The summed E-state index contributed by atoms with van der Waals surface area (Å²) < 4.78 is 17.4. The van der Waals surface area contributed by atoms with Crippen LogP contribution in [0.25, 0.3) is 6.08 Å². The van der Waals surface area contributed by atoms with E-state index < -0.39 is 5.91 Å². The van der Waals surface area contributed by atoms with Crippen LogP contribution in [0.4, 0.5) is 0 Å². The van der Waals surface area contributed by atoms with Crippen LogP contribution in [0.15, 0.2) is 52.0 Å². The number of thioether (sulfide) groups is 1. The minimum Gasteiger partial charge on any atom is -0.490 e. The van der Waals surface area contributed by atoms with E-state index in [1.54, 1.807) is 29.3 Å². The second-order valence-electron chi connectivity index (χ2n) is 8.02. The van der Waals surface area contributed by atoms with Crippen LogP contribution >= 0.6 is 23.4 Å². The van der Waals surface area contributed by atoms with Crippen molar-refractivity contribution in [1.29, 1.82) is 5.41 Å². The average molecular weight is 512 g/mol. The molecule has 2 aliphatic heterocycles. The third-order valence-electron chi connectivity index (χ3n) is 5.41. The van der Waals surface area contributed by atoms with Gasteiger partial charge in [0.1, 0.15) is 24.8 Å². The van der Waals surface area contributed by atoms with Gasteiger partial charge in [0.2, 0.25) is 0 Å². The Labute approximate surface area is 213 Å². The Morgan fingerprint density at radius 2 is 1.86 bits per heavy atom. The van der Waals surface area contributed by atoms with E-state index in [9.17, 15) is 4.79 Å². The molecule has 4 rings (SSSR count). The van der Waals surface area contributed by atoms with Gasteiger partial charge in [0.25, 0.3) is 5.91 Å². The van der Waals surface area contributed by atoms with Gasteiger partial charge in [-0.15, -0.1) is 0 Å². The number of nitrogens with zero attached hydrogens (tertiary/aromatic N) is 2. The molecule has 9 heteroatoms. The number of halogens is 1. The molecule has 182 valence electrons. The summed E-state index contributed by atoms with van der Waals surface area (Å²) in [6.45, 7) is 8.88. The van der Waals surface area contributed by atoms with Gasteiger partial charge in [-0.2, -0.15) is 4.99 Å². The highest BCUT2D eigenvalue weighted by Gasteiger charge is 2.33. The van der Waals surface area contributed by atoms with E-state index in [1.807, 2.05) is 39.0 Å². The molecule has 0 saturated heterocycles. The lowest BCUT2D eigenvalue weighted by atomic mass is 10.1. The average Bonchev–Trinajstić information content (AvgIpc) is 3.18. The summed E-state index contributed by atoms with van der Waals surface area (Å²) in [7, 11) is 0. The largest absolute Gasteiger partial charge is 0.490 e. The van der Waals surface area contributed by atoms with Crippen LogP contribution < -0.4 is 14.2 Å². The number of allylic oxidation sites excluding steroid dienone is 1. The third kappa shape index (κ3) is 5.55. The summed E-state index contributed by atoms with van der Waals surface area (Å²) in [5, 5.41) is 9.31. The van der Waals surface area contributed by atoms with Crippen molar-refractivity contribution in [2.45, 2.75) is 27.7 Å². The number of aliphatic imine (C=N–C) groups is 1. The summed E-state index contributed by atoms with van der Waals surface area (Å²) in [5.74, 6) is 1.24. The molecule has 2 aliphatic rings. The molecule has 7 nitrogen and oxygen atoms in total. The number of hydrogen-bond acceptors (Lipinski definition) is 6. The quantitative estimate of drug-likeness (QED) is 0.346. The molecule has 0 unspecified atom stereocenters. The van der Waals surface area contributed by atoms with E-state index in [2.05, 4.69) is 11.9 Å². The van der Waals surface area contributed by atoms with Crippen molar-refractivity contribution >= 4 is 46.3 Å². The van der Waals surface area contributed by atoms with Crippen molar-refractivity contribution in [3.63, 3.8) is 0 Å². The zero-order chi connectivity index (χ0) is 25.1. The summed E-state index contributed by atoms with van der Waals surface area (Å²) in [6.07, 6.45) is 3.39. The molecule has 1 amide bonds. The summed E-state index contributed by atoms with van der Waals surface area (Å²) >= 11 is 7.91. The molecule has 1 N–H and O–H groups in total. The molecule has 0 radical (unpaired) electrons. The third-order valence-corrected chi connectivity index (χ3v) is 6.59. The molecule has 0 aliphatic carbocycles. The highest BCUT2D eigenvalue weighted by molar-refractivity contribution is 8.17. The summed E-state index contributed by atoms with van der Waals surface area (Å²) in [5.41, 5.74) is 3.15. The Kier molecular flexibility index (Phi) is 7.52. The van der Waals surface area contributed by atoms with Crippen molar-refractivity contribution < 1.29 is 19.0 Å². The van der Waals surface area contributed by atoms with Crippen molar-refractivity contribution in [2.24, 2.45) is 4.99 Å². The molecule has 0 bridgehead atoms. The van der Waals surface area contributed by atoms with Crippen molar-refractivity contribution in [2.75, 3.05) is 19.8 Å². The summed E-state index contributed by atoms with van der Waals surface area (Å²) in [4.78, 5) is 19.3.